The second kappa shape index (κ2) is 2.69. The van der Waals surface area contributed by atoms with Crippen LogP contribution in [0, 0.1) is 0 Å². The third-order valence-corrected chi connectivity index (χ3v) is 3.52. The quantitative estimate of drug-likeness (QED) is 0.518. The molecule has 70 valence electrons. The van der Waals surface area contributed by atoms with Gasteiger partial charge in [0, 0.05) is 6.54 Å². The predicted octanol–water partition coefficient (Wildman–Crippen LogP) is -0.0177. The number of hydrogen-bond donors (Lipinski definition) is 3. The Morgan fingerprint density at radius 3 is 2.33 bits per heavy atom. The number of nitrogens with one attached hydrogen (secondary N) is 1. The van der Waals surface area contributed by atoms with Crippen LogP contribution < -0.4 is 11.1 Å². The molecule has 1 aliphatic carbocycles. The van der Waals surface area contributed by atoms with Crippen molar-refractivity contribution in [2.45, 2.75) is 43.2 Å². The van der Waals surface area contributed by atoms with Gasteiger partial charge in [0.05, 0.1) is 11.1 Å². The summed E-state index contributed by atoms with van der Waals surface area (Å²) in [7, 11) is 0. The van der Waals surface area contributed by atoms with E-state index in [4.69, 9.17) is 5.73 Å². The molecule has 3 nitrogen and oxygen atoms in total. The standard InChI is InChI=1S/C9H18N2O/c10-8(3-2-6-11-7-8)9(12)4-1-5-9/h11-12H,1-7,10H2. The Balaban J connectivity index is 2.07. The molecule has 2 fully saturated rings. The molecule has 3 heteroatoms. The summed E-state index contributed by atoms with van der Waals surface area (Å²) < 4.78 is 0. The lowest BCUT2D eigenvalue weighted by Gasteiger charge is -2.52. The number of nitrogens with two attached hydrogens (primary N) is 1. The Kier molecular flexibility index (Phi) is 1.90. The highest BCUT2D eigenvalue weighted by Crippen LogP contribution is 2.42. The van der Waals surface area contributed by atoms with Crippen LogP contribution in [0.3, 0.4) is 0 Å². The van der Waals surface area contributed by atoms with Crippen LogP contribution in [-0.4, -0.2) is 29.3 Å². The minimum atomic E-state index is -0.555. The predicted molar refractivity (Wildman–Crippen MR) is 47.8 cm³/mol. The van der Waals surface area contributed by atoms with E-state index in [-0.39, 0.29) is 5.54 Å². The fraction of sp³-hybridized carbons (Fsp3) is 1.00. The first-order valence-electron chi connectivity index (χ1n) is 4.88. The van der Waals surface area contributed by atoms with Gasteiger partial charge in [0.25, 0.3) is 0 Å². The molecular weight excluding hydrogens is 152 g/mol. The Hall–Kier alpha value is -0.120. The lowest BCUT2D eigenvalue weighted by atomic mass is 9.64. The fourth-order valence-electron chi connectivity index (χ4n) is 2.34. The molecule has 0 aromatic heterocycles. The van der Waals surface area contributed by atoms with Crippen LogP contribution in [0.25, 0.3) is 0 Å². The van der Waals surface area contributed by atoms with Crippen LogP contribution in [0.5, 0.6) is 0 Å². The highest BCUT2D eigenvalue weighted by molar-refractivity contribution is 5.10. The first kappa shape index (κ1) is 8.48. The van der Waals surface area contributed by atoms with Crippen molar-refractivity contribution < 1.29 is 5.11 Å². The van der Waals surface area contributed by atoms with Crippen LogP contribution in [0.1, 0.15) is 32.1 Å². The second-order valence-electron chi connectivity index (χ2n) is 4.32. The topological polar surface area (TPSA) is 58.3 Å². The molecule has 1 unspecified atom stereocenters. The third-order valence-electron chi connectivity index (χ3n) is 3.52. The highest BCUT2D eigenvalue weighted by Gasteiger charge is 2.51. The number of piperidine rings is 1. The zero-order valence-electron chi connectivity index (χ0n) is 7.47. The molecule has 0 spiro atoms. The van der Waals surface area contributed by atoms with Gasteiger partial charge in [-0.25, -0.2) is 0 Å². The van der Waals surface area contributed by atoms with Crippen molar-refractivity contribution in [3.8, 4) is 0 Å². The number of hydrogen-bond acceptors (Lipinski definition) is 3. The Morgan fingerprint density at radius 2 is 1.92 bits per heavy atom. The summed E-state index contributed by atoms with van der Waals surface area (Å²) in [6.45, 7) is 1.83. The normalized spacial score (nSPS) is 40.5. The molecular formula is C9H18N2O. The maximum absolute atomic E-state index is 10.1. The Labute approximate surface area is 73.3 Å². The molecule has 12 heavy (non-hydrogen) atoms. The van der Waals surface area contributed by atoms with Crippen molar-refractivity contribution in [3.63, 3.8) is 0 Å². The first-order chi connectivity index (χ1) is 5.66. The molecule has 2 rings (SSSR count). The smallest absolute Gasteiger partial charge is 0.0838 e. The number of aliphatic hydroxyl groups is 1. The van der Waals surface area contributed by atoms with Crippen LogP contribution in [0.2, 0.25) is 0 Å². The zero-order chi connectivity index (χ0) is 8.66. The molecule has 0 bridgehead atoms. The van der Waals surface area contributed by atoms with E-state index in [9.17, 15) is 5.11 Å². The summed E-state index contributed by atoms with van der Waals surface area (Å²) in [6.07, 6.45) is 4.99. The lowest BCUT2D eigenvalue weighted by molar-refractivity contribution is -0.104. The van der Waals surface area contributed by atoms with E-state index in [2.05, 4.69) is 5.32 Å². The van der Waals surface area contributed by atoms with Gasteiger partial charge in [0.1, 0.15) is 0 Å². The highest BCUT2D eigenvalue weighted by atomic mass is 16.3. The van der Waals surface area contributed by atoms with Gasteiger partial charge in [-0.2, -0.15) is 0 Å². The maximum Gasteiger partial charge on any atom is 0.0838 e. The molecule has 0 aromatic carbocycles. The van der Waals surface area contributed by atoms with E-state index < -0.39 is 5.60 Å². The van der Waals surface area contributed by atoms with Crippen molar-refractivity contribution in [3.05, 3.63) is 0 Å². The Morgan fingerprint density at radius 1 is 1.17 bits per heavy atom. The molecule has 1 aliphatic heterocycles. The molecule has 0 aromatic rings. The van der Waals surface area contributed by atoms with Gasteiger partial charge in [0.2, 0.25) is 0 Å². The van der Waals surface area contributed by atoms with Gasteiger partial charge >= 0.3 is 0 Å². The summed E-state index contributed by atoms with van der Waals surface area (Å²) in [6, 6.07) is 0. The molecule has 1 heterocycles. The van der Waals surface area contributed by atoms with E-state index in [1.54, 1.807) is 0 Å². The minimum Gasteiger partial charge on any atom is -0.388 e. The summed E-state index contributed by atoms with van der Waals surface area (Å²) >= 11 is 0. The number of rotatable bonds is 1. The van der Waals surface area contributed by atoms with Crippen LogP contribution in [0.15, 0.2) is 0 Å². The fourth-order valence-corrected chi connectivity index (χ4v) is 2.34. The maximum atomic E-state index is 10.1. The largest absolute Gasteiger partial charge is 0.388 e. The lowest BCUT2D eigenvalue weighted by Crippen LogP contribution is -2.69. The van der Waals surface area contributed by atoms with Gasteiger partial charge in [0.15, 0.2) is 0 Å². The molecule has 0 radical (unpaired) electrons. The van der Waals surface area contributed by atoms with E-state index in [0.717, 1.165) is 45.2 Å². The summed E-state index contributed by atoms with van der Waals surface area (Å²) in [5.74, 6) is 0. The van der Waals surface area contributed by atoms with Crippen LogP contribution >= 0.6 is 0 Å². The molecule has 1 atom stereocenters. The average molecular weight is 170 g/mol. The second-order valence-corrected chi connectivity index (χ2v) is 4.32. The summed E-state index contributed by atoms with van der Waals surface area (Å²) in [5, 5.41) is 13.4. The van der Waals surface area contributed by atoms with Crippen LogP contribution in [-0.2, 0) is 0 Å². The van der Waals surface area contributed by atoms with E-state index in [0.29, 0.717) is 0 Å². The average Bonchev–Trinajstić information content (AvgIpc) is 2.01. The van der Waals surface area contributed by atoms with Gasteiger partial charge < -0.3 is 16.2 Å². The summed E-state index contributed by atoms with van der Waals surface area (Å²) in [4.78, 5) is 0. The van der Waals surface area contributed by atoms with Crippen molar-refractivity contribution in [2.24, 2.45) is 5.73 Å². The van der Waals surface area contributed by atoms with Crippen LogP contribution in [0.4, 0.5) is 0 Å². The molecule has 0 amide bonds. The van der Waals surface area contributed by atoms with Gasteiger partial charge in [-0.05, 0) is 38.6 Å². The molecule has 2 aliphatic rings. The molecule has 1 saturated heterocycles. The van der Waals surface area contributed by atoms with E-state index in [1.807, 2.05) is 0 Å². The molecule has 4 N–H and O–H groups in total. The first-order valence-corrected chi connectivity index (χ1v) is 4.88. The van der Waals surface area contributed by atoms with Crippen molar-refractivity contribution in [1.29, 1.82) is 0 Å². The SMILES string of the molecule is NC1(C2(O)CCC2)CCCNC1. The summed E-state index contributed by atoms with van der Waals surface area (Å²) in [5.41, 5.74) is 5.29. The van der Waals surface area contributed by atoms with Crippen molar-refractivity contribution in [1.82, 2.24) is 5.32 Å². The van der Waals surface area contributed by atoms with Crippen molar-refractivity contribution >= 4 is 0 Å². The van der Waals surface area contributed by atoms with Crippen molar-refractivity contribution in [2.75, 3.05) is 13.1 Å². The van der Waals surface area contributed by atoms with E-state index in [1.165, 1.54) is 0 Å². The minimum absolute atomic E-state index is 0.344. The molecule has 1 saturated carbocycles. The van der Waals surface area contributed by atoms with E-state index >= 15 is 0 Å². The van der Waals surface area contributed by atoms with Gasteiger partial charge in [-0.3, -0.25) is 0 Å². The Bertz CT molecular complexity index is 171. The third kappa shape index (κ3) is 1.08. The monoisotopic (exact) mass is 170 g/mol. The van der Waals surface area contributed by atoms with Gasteiger partial charge in [-0.15, -0.1) is 0 Å². The zero-order valence-corrected chi connectivity index (χ0v) is 7.47. The van der Waals surface area contributed by atoms with Gasteiger partial charge in [-0.1, -0.05) is 0 Å².